The number of hydrazone groups is 1. The first-order chi connectivity index (χ1) is 16.9. The number of amides is 3. The predicted molar refractivity (Wildman–Crippen MR) is 128 cm³/mol. The van der Waals surface area contributed by atoms with Crippen molar-refractivity contribution in [1.29, 1.82) is 0 Å². The molecule has 0 radical (unpaired) electrons. The number of primary amides is 1. The van der Waals surface area contributed by atoms with E-state index in [-0.39, 0.29) is 18.0 Å². The maximum atomic E-state index is 13.8. The summed E-state index contributed by atoms with van der Waals surface area (Å²) in [6.45, 7) is 2.20. The molecule has 180 valence electrons. The molecule has 0 aliphatic carbocycles. The van der Waals surface area contributed by atoms with Crippen molar-refractivity contribution in [2.75, 3.05) is 11.9 Å². The van der Waals surface area contributed by atoms with Gasteiger partial charge in [-0.15, -0.1) is 0 Å². The maximum absolute atomic E-state index is 13.8. The molecule has 0 saturated heterocycles. The Labute approximate surface area is 200 Å². The van der Waals surface area contributed by atoms with Crippen LogP contribution in [0.5, 0.6) is 11.5 Å². The zero-order valence-electron chi connectivity index (χ0n) is 18.8. The minimum absolute atomic E-state index is 0.0244. The van der Waals surface area contributed by atoms with Gasteiger partial charge in [0.05, 0.1) is 12.8 Å². The van der Waals surface area contributed by atoms with Gasteiger partial charge in [0.25, 0.3) is 0 Å². The van der Waals surface area contributed by atoms with Crippen LogP contribution in [0.3, 0.4) is 0 Å². The van der Waals surface area contributed by atoms with Crippen LogP contribution < -0.4 is 25.9 Å². The smallest absolute Gasteiger partial charge is 0.329 e. The van der Waals surface area contributed by atoms with Crippen LogP contribution in [0.4, 0.5) is 10.1 Å². The van der Waals surface area contributed by atoms with E-state index in [2.05, 4.69) is 15.8 Å². The minimum atomic E-state index is -0.991. The lowest BCUT2D eigenvalue weighted by Gasteiger charge is -2.13. The molecule has 4 N–H and O–H groups in total. The van der Waals surface area contributed by atoms with Gasteiger partial charge in [0, 0.05) is 16.8 Å². The van der Waals surface area contributed by atoms with Crippen molar-refractivity contribution in [1.82, 2.24) is 5.43 Å². The van der Waals surface area contributed by atoms with E-state index in [0.29, 0.717) is 34.9 Å². The molecule has 0 aromatic heterocycles. The van der Waals surface area contributed by atoms with E-state index in [4.69, 9.17) is 15.2 Å². The molecule has 0 fully saturated rings. The minimum Gasteiger partial charge on any atom is -0.490 e. The van der Waals surface area contributed by atoms with Crippen molar-refractivity contribution < 1.29 is 28.2 Å². The van der Waals surface area contributed by atoms with Gasteiger partial charge in [-0.3, -0.25) is 14.4 Å². The summed E-state index contributed by atoms with van der Waals surface area (Å²) < 4.78 is 25.1. The monoisotopic (exact) mass is 478 g/mol. The largest absolute Gasteiger partial charge is 0.490 e. The summed E-state index contributed by atoms with van der Waals surface area (Å²) in [6.07, 6.45) is 1.33. The van der Waals surface area contributed by atoms with Gasteiger partial charge < -0.3 is 20.5 Å². The highest BCUT2D eigenvalue weighted by Crippen LogP contribution is 2.29. The fraction of sp³-hybridized carbons (Fsp3) is 0.120. The highest BCUT2D eigenvalue weighted by molar-refractivity contribution is 6.39. The van der Waals surface area contributed by atoms with Crippen molar-refractivity contribution in [2.24, 2.45) is 10.8 Å². The van der Waals surface area contributed by atoms with Crippen molar-refractivity contribution in [3.05, 3.63) is 89.2 Å². The standard InChI is InChI=1S/C25H23FN4O5/c1-2-34-22-13-16(7-12-21(22)35-15-18-5-3-4-6-20(18)26)14-28-30-25(33)24(32)29-19-10-8-17(9-11-19)23(27)31/h3-14H,2,15H2,1H3,(H2,27,31)(H,29,32)(H,30,33)/b28-14+. The van der Waals surface area contributed by atoms with Crippen molar-refractivity contribution in [3.8, 4) is 11.5 Å². The molecule has 0 aliphatic heterocycles. The molecule has 3 amide bonds. The highest BCUT2D eigenvalue weighted by atomic mass is 19.1. The third kappa shape index (κ3) is 7.13. The van der Waals surface area contributed by atoms with Crippen LogP contribution >= 0.6 is 0 Å². The van der Waals surface area contributed by atoms with Crippen LogP contribution in [0, 0.1) is 5.82 Å². The fourth-order valence-electron chi connectivity index (χ4n) is 2.89. The zero-order valence-corrected chi connectivity index (χ0v) is 18.8. The van der Waals surface area contributed by atoms with Gasteiger partial charge in [-0.2, -0.15) is 5.10 Å². The van der Waals surface area contributed by atoms with Gasteiger partial charge in [0.15, 0.2) is 11.5 Å². The fourth-order valence-corrected chi connectivity index (χ4v) is 2.89. The summed E-state index contributed by atoms with van der Waals surface area (Å²) in [5, 5.41) is 6.17. The summed E-state index contributed by atoms with van der Waals surface area (Å²) in [5.41, 5.74) is 8.84. The van der Waals surface area contributed by atoms with Crippen LogP contribution in [0.25, 0.3) is 0 Å². The van der Waals surface area contributed by atoms with E-state index < -0.39 is 17.7 Å². The lowest BCUT2D eigenvalue weighted by atomic mass is 10.2. The van der Waals surface area contributed by atoms with Gasteiger partial charge in [-0.1, -0.05) is 18.2 Å². The number of carbonyl (C=O) groups is 3. The molecule has 3 aromatic carbocycles. The number of nitrogens with one attached hydrogen (secondary N) is 2. The van der Waals surface area contributed by atoms with E-state index in [1.54, 1.807) is 36.4 Å². The van der Waals surface area contributed by atoms with E-state index in [1.165, 1.54) is 36.5 Å². The highest BCUT2D eigenvalue weighted by Gasteiger charge is 2.13. The second kappa shape index (κ2) is 11.9. The molecule has 3 aromatic rings. The van der Waals surface area contributed by atoms with Crippen LogP contribution in [-0.4, -0.2) is 30.5 Å². The first-order valence-corrected chi connectivity index (χ1v) is 10.5. The van der Waals surface area contributed by atoms with E-state index in [0.717, 1.165) is 0 Å². The topological polar surface area (TPSA) is 132 Å². The summed E-state index contributed by atoms with van der Waals surface area (Å²) in [7, 11) is 0. The first kappa shape index (κ1) is 24.9. The molecule has 0 spiro atoms. The average Bonchev–Trinajstić information content (AvgIpc) is 2.85. The second-order valence-electron chi connectivity index (χ2n) is 7.11. The number of benzene rings is 3. The number of rotatable bonds is 9. The van der Waals surface area contributed by atoms with Gasteiger partial charge >= 0.3 is 11.8 Å². The Balaban J connectivity index is 1.58. The Bertz CT molecular complexity index is 1240. The Morgan fingerprint density at radius 1 is 0.971 bits per heavy atom. The second-order valence-corrected chi connectivity index (χ2v) is 7.11. The summed E-state index contributed by atoms with van der Waals surface area (Å²) in [4.78, 5) is 35.1. The van der Waals surface area contributed by atoms with Crippen LogP contribution in [-0.2, 0) is 16.2 Å². The number of ether oxygens (including phenoxy) is 2. The van der Waals surface area contributed by atoms with E-state index >= 15 is 0 Å². The lowest BCUT2D eigenvalue weighted by Crippen LogP contribution is -2.32. The molecule has 0 unspecified atom stereocenters. The predicted octanol–water partition coefficient (Wildman–Crippen LogP) is 2.99. The lowest BCUT2D eigenvalue weighted by molar-refractivity contribution is -0.136. The SMILES string of the molecule is CCOc1cc(/C=N/NC(=O)C(=O)Nc2ccc(C(N)=O)cc2)ccc1OCc1ccccc1F. The van der Waals surface area contributed by atoms with Gasteiger partial charge in [0.1, 0.15) is 12.4 Å². The number of halogens is 1. The Hall–Kier alpha value is -4.73. The van der Waals surface area contributed by atoms with E-state index in [1.807, 2.05) is 6.92 Å². The molecule has 0 bridgehead atoms. The Morgan fingerprint density at radius 3 is 2.40 bits per heavy atom. The Morgan fingerprint density at radius 2 is 1.71 bits per heavy atom. The summed E-state index contributed by atoms with van der Waals surface area (Å²) in [5.74, 6) is -2.07. The Kier molecular flexibility index (Phi) is 8.49. The number of hydrogen-bond acceptors (Lipinski definition) is 6. The van der Waals surface area contributed by atoms with Crippen LogP contribution in [0.15, 0.2) is 71.8 Å². The van der Waals surface area contributed by atoms with Crippen molar-refractivity contribution >= 4 is 29.6 Å². The molecule has 0 atom stereocenters. The quantitative estimate of drug-likeness (QED) is 0.247. The molecule has 0 saturated carbocycles. The third-order valence-electron chi connectivity index (χ3n) is 4.62. The number of hydrogen-bond donors (Lipinski definition) is 3. The number of nitrogens with zero attached hydrogens (tertiary/aromatic N) is 1. The van der Waals surface area contributed by atoms with Crippen LogP contribution in [0.1, 0.15) is 28.4 Å². The molecular weight excluding hydrogens is 455 g/mol. The number of anilines is 1. The van der Waals surface area contributed by atoms with Crippen molar-refractivity contribution in [3.63, 3.8) is 0 Å². The zero-order chi connectivity index (χ0) is 25.2. The molecular formula is C25H23FN4O5. The maximum Gasteiger partial charge on any atom is 0.329 e. The summed E-state index contributed by atoms with van der Waals surface area (Å²) >= 11 is 0. The van der Waals surface area contributed by atoms with E-state index in [9.17, 15) is 18.8 Å². The average molecular weight is 478 g/mol. The first-order valence-electron chi connectivity index (χ1n) is 10.5. The molecule has 0 heterocycles. The molecule has 35 heavy (non-hydrogen) atoms. The normalized spacial score (nSPS) is 10.6. The number of nitrogens with two attached hydrogens (primary N) is 1. The number of carbonyl (C=O) groups excluding carboxylic acids is 3. The molecule has 0 aliphatic rings. The molecule has 9 nitrogen and oxygen atoms in total. The van der Waals surface area contributed by atoms with Gasteiger partial charge in [-0.25, -0.2) is 9.82 Å². The third-order valence-corrected chi connectivity index (χ3v) is 4.62. The van der Waals surface area contributed by atoms with Crippen molar-refractivity contribution in [2.45, 2.75) is 13.5 Å². The molecule has 10 heteroatoms. The van der Waals surface area contributed by atoms with Gasteiger partial charge in [-0.05, 0) is 61.0 Å². The summed E-state index contributed by atoms with van der Waals surface area (Å²) in [6, 6.07) is 17.0. The molecule has 3 rings (SSSR count). The van der Waals surface area contributed by atoms with Crippen LogP contribution in [0.2, 0.25) is 0 Å². The van der Waals surface area contributed by atoms with Gasteiger partial charge in [0.2, 0.25) is 5.91 Å².